The summed E-state index contributed by atoms with van der Waals surface area (Å²) in [5.74, 6) is 2.08. The van der Waals surface area contributed by atoms with Crippen LogP contribution in [0.5, 0.6) is 5.75 Å². The Morgan fingerprint density at radius 1 is 1.12 bits per heavy atom. The van der Waals surface area contributed by atoms with E-state index >= 15 is 0 Å². The van der Waals surface area contributed by atoms with Gasteiger partial charge in [-0.3, -0.25) is 4.79 Å². The topological polar surface area (TPSA) is 145 Å². The van der Waals surface area contributed by atoms with Gasteiger partial charge < -0.3 is 36.1 Å². The van der Waals surface area contributed by atoms with Gasteiger partial charge in [0, 0.05) is 50.7 Å². The molecule has 1 saturated heterocycles. The maximum absolute atomic E-state index is 10.6. The molecule has 0 bridgehead atoms. The number of aliphatic hydroxyl groups is 1. The molecule has 6 N–H and O–H groups in total. The van der Waals surface area contributed by atoms with Crippen LogP contribution >= 0.6 is 0 Å². The molecule has 0 aliphatic carbocycles. The molecule has 0 radical (unpaired) electrons. The fourth-order valence-corrected chi connectivity index (χ4v) is 4.90. The monoisotopic (exact) mass is 563 g/mol. The van der Waals surface area contributed by atoms with Gasteiger partial charge in [0.05, 0.1) is 19.2 Å². The highest BCUT2D eigenvalue weighted by atomic mass is 16.5. The molecule has 222 valence electrons. The predicted octanol–water partition coefficient (Wildman–Crippen LogP) is 4.52. The minimum absolute atomic E-state index is 0.225. The molecule has 10 heteroatoms. The van der Waals surface area contributed by atoms with Gasteiger partial charge in [-0.05, 0) is 49.9 Å². The Bertz CT molecular complexity index is 1410. The molecule has 2 aromatic carbocycles. The molecule has 10 nitrogen and oxygen atoms in total. The number of hydrogen-bond donors (Lipinski definition) is 4. The summed E-state index contributed by atoms with van der Waals surface area (Å²) < 4.78 is 7.86. The minimum atomic E-state index is 0.225. The maximum Gasteiger partial charge on any atom is 0.222 e. The van der Waals surface area contributed by atoms with Crippen LogP contribution in [0.25, 0.3) is 21.9 Å². The molecule has 3 heterocycles. The first-order valence-electron chi connectivity index (χ1n) is 14.4. The first-order chi connectivity index (χ1) is 19.9. The summed E-state index contributed by atoms with van der Waals surface area (Å²) in [6, 6.07) is 14.3. The van der Waals surface area contributed by atoms with Crippen molar-refractivity contribution in [3.63, 3.8) is 0 Å². The number of fused-ring (bicyclic) bond motifs is 3. The van der Waals surface area contributed by atoms with Gasteiger partial charge in [-0.1, -0.05) is 37.6 Å². The summed E-state index contributed by atoms with van der Waals surface area (Å²) in [7, 11) is 1.69. The first kappa shape index (κ1) is 31.6. The number of aliphatic hydroxyl groups excluding tert-OH is 1. The number of nitrogen functional groups attached to an aromatic ring is 1. The van der Waals surface area contributed by atoms with Gasteiger partial charge in [-0.15, -0.1) is 0 Å². The number of ether oxygens (including phenoxy) is 1. The third-order valence-electron chi connectivity index (χ3n) is 6.90. The summed E-state index contributed by atoms with van der Waals surface area (Å²) in [5, 5.41) is 12.1. The van der Waals surface area contributed by atoms with Gasteiger partial charge in [-0.25, -0.2) is 4.98 Å². The van der Waals surface area contributed by atoms with E-state index in [9.17, 15) is 4.79 Å². The lowest BCUT2D eigenvalue weighted by Gasteiger charge is -2.15. The number of benzene rings is 2. The van der Waals surface area contributed by atoms with Crippen molar-refractivity contribution < 1.29 is 14.6 Å². The maximum atomic E-state index is 10.6. The van der Waals surface area contributed by atoms with Crippen molar-refractivity contribution in [2.45, 2.75) is 59.5 Å². The highest BCUT2D eigenvalue weighted by molar-refractivity contribution is 6.09. The zero-order valence-corrected chi connectivity index (χ0v) is 24.8. The van der Waals surface area contributed by atoms with E-state index in [0.717, 1.165) is 77.1 Å². The van der Waals surface area contributed by atoms with Crippen LogP contribution in [-0.2, 0) is 17.9 Å². The number of nitrogens with two attached hydrogens (primary N) is 2. The number of para-hydroxylation sites is 1. The highest BCUT2D eigenvalue weighted by Crippen LogP contribution is 2.34. The van der Waals surface area contributed by atoms with Crippen LogP contribution < -0.4 is 21.5 Å². The van der Waals surface area contributed by atoms with Crippen molar-refractivity contribution in [2.75, 3.05) is 44.4 Å². The number of hydrogen-bond acceptors (Lipinski definition) is 8. The quantitative estimate of drug-likeness (QED) is 0.229. The largest absolute Gasteiger partial charge is 0.496 e. The van der Waals surface area contributed by atoms with E-state index in [0.29, 0.717) is 13.1 Å². The molecular formula is C31H45N7O3. The average Bonchev–Trinajstić information content (AvgIpc) is 3.62. The van der Waals surface area contributed by atoms with E-state index in [1.807, 2.05) is 29.2 Å². The van der Waals surface area contributed by atoms with Gasteiger partial charge in [0.1, 0.15) is 16.8 Å². The standard InChI is InChI=1S/C23H28N6O.C6H11NO.C2H6O/c1-3-4-11-26-22-21-20(27-23(25)28-22)17-7-5-6-8-18(17)29(21)14-16-12-15(13-24)9-10-19(16)30-2;1-6(8)7-4-2-3-5-7;1-2-3/h5-10,12H,3-4,11,13-14,24H2,1-2H3,(H3,25,26,27,28);2-5H2,1H3;3H,2H2,1H3. The van der Waals surface area contributed by atoms with E-state index in [1.54, 1.807) is 21.0 Å². The van der Waals surface area contributed by atoms with Crippen LogP contribution in [0.2, 0.25) is 0 Å². The summed E-state index contributed by atoms with van der Waals surface area (Å²) in [6.45, 7) is 9.61. The number of nitrogens with one attached hydrogen (secondary N) is 1. The number of amides is 1. The molecule has 0 atom stereocenters. The average molecular weight is 564 g/mol. The molecule has 41 heavy (non-hydrogen) atoms. The van der Waals surface area contributed by atoms with Crippen molar-refractivity contribution in [3.05, 3.63) is 53.6 Å². The summed E-state index contributed by atoms with van der Waals surface area (Å²) in [4.78, 5) is 21.6. The van der Waals surface area contributed by atoms with Gasteiger partial charge in [0.25, 0.3) is 0 Å². The number of aromatic nitrogens is 3. The van der Waals surface area contributed by atoms with Gasteiger partial charge in [0.15, 0.2) is 5.82 Å². The summed E-state index contributed by atoms with van der Waals surface area (Å²) in [5.41, 5.74) is 16.9. The summed E-state index contributed by atoms with van der Waals surface area (Å²) in [6.07, 6.45) is 4.54. The second-order valence-electron chi connectivity index (χ2n) is 9.89. The van der Waals surface area contributed by atoms with Crippen LogP contribution in [0.4, 0.5) is 11.8 Å². The van der Waals surface area contributed by atoms with Crippen molar-refractivity contribution in [2.24, 2.45) is 5.73 Å². The van der Waals surface area contributed by atoms with Crippen LogP contribution in [0.1, 0.15) is 57.6 Å². The molecule has 1 amide bonds. The molecule has 0 saturated carbocycles. The smallest absolute Gasteiger partial charge is 0.222 e. The lowest BCUT2D eigenvalue weighted by Crippen LogP contribution is -2.24. The molecule has 0 unspecified atom stereocenters. The van der Waals surface area contributed by atoms with Crippen LogP contribution in [0.3, 0.4) is 0 Å². The zero-order valence-electron chi connectivity index (χ0n) is 24.8. The van der Waals surface area contributed by atoms with E-state index in [-0.39, 0.29) is 18.5 Å². The molecule has 0 spiro atoms. The fraction of sp³-hybridized carbons (Fsp3) is 0.452. The number of rotatable bonds is 8. The Hall–Kier alpha value is -3.89. The number of methoxy groups -OCH3 is 1. The molecule has 2 aromatic heterocycles. The minimum Gasteiger partial charge on any atom is -0.496 e. The predicted molar refractivity (Wildman–Crippen MR) is 167 cm³/mol. The SMILES string of the molecule is CC(=O)N1CCCC1.CCCCNc1nc(N)nc2c3ccccc3n(Cc3cc(CN)ccc3OC)c12.CCO. The molecule has 1 aliphatic rings. The number of likely N-dealkylation sites (tertiary alicyclic amines) is 1. The third-order valence-corrected chi connectivity index (χ3v) is 6.90. The van der Waals surface area contributed by atoms with Crippen LogP contribution in [0, 0.1) is 0 Å². The van der Waals surface area contributed by atoms with E-state index in [4.69, 9.17) is 21.3 Å². The Balaban J connectivity index is 0.000000354. The van der Waals surface area contributed by atoms with Crippen molar-refractivity contribution >= 4 is 39.6 Å². The van der Waals surface area contributed by atoms with E-state index < -0.39 is 0 Å². The molecule has 1 aliphatic heterocycles. The fourth-order valence-electron chi connectivity index (χ4n) is 4.90. The normalized spacial score (nSPS) is 12.5. The number of unbranched alkanes of at least 4 members (excludes halogenated alkanes) is 1. The Morgan fingerprint density at radius 2 is 1.83 bits per heavy atom. The molecular weight excluding hydrogens is 518 g/mol. The number of carbonyl (C=O) groups excluding carboxylic acids is 1. The zero-order chi connectivity index (χ0) is 29.8. The lowest BCUT2D eigenvalue weighted by atomic mass is 10.1. The Morgan fingerprint density at radius 3 is 2.44 bits per heavy atom. The Labute approximate surface area is 242 Å². The van der Waals surface area contributed by atoms with Crippen LogP contribution in [0.15, 0.2) is 42.5 Å². The number of carbonyl (C=O) groups is 1. The lowest BCUT2D eigenvalue weighted by molar-refractivity contribution is -0.127. The van der Waals surface area contributed by atoms with E-state index in [2.05, 4.69) is 45.0 Å². The van der Waals surface area contributed by atoms with Crippen molar-refractivity contribution in [1.82, 2.24) is 19.4 Å². The van der Waals surface area contributed by atoms with Gasteiger partial charge in [0.2, 0.25) is 11.9 Å². The third kappa shape index (κ3) is 8.08. The highest BCUT2D eigenvalue weighted by Gasteiger charge is 2.19. The van der Waals surface area contributed by atoms with Crippen molar-refractivity contribution in [3.8, 4) is 5.75 Å². The number of anilines is 2. The first-order valence-corrected chi connectivity index (χ1v) is 14.4. The van der Waals surface area contributed by atoms with Crippen molar-refractivity contribution in [1.29, 1.82) is 0 Å². The van der Waals surface area contributed by atoms with Gasteiger partial charge in [-0.2, -0.15) is 4.98 Å². The van der Waals surface area contributed by atoms with Crippen LogP contribution in [-0.4, -0.2) is 63.8 Å². The Kier molecular flexibility index (Phi) is 12.2. The molecule has 1 fully saturated rings. The number of nitrogens with zero attached hydrogens (tertiary/aromatic N) is 4. The second-order valence-corrected chi connectivity index (χ2v) is 9.89. The van der Waals surface area contributed by atoms with E-state index in [1.165, 1.54) is 12.8 Å². The second kappa shape index (κ2) is 15.8. The molecule has 4 aromatic rings. The summed E-state index contributed by atoms with van der Waals surface area (Å²) >= 11 is 0. The molecule has 5 rings (SSSR count). The van der Waals surface area contributed by atoms with Gasteiger partial charge >= 0.3 is 0 Å².